The molecule has 0 bridgehead atoms. The van der Waals surface area contributed by atoms with E-state index >= 15 is 0 Å². The predicted octanol–water partition coefficient (Wildman–Crippen LogP) is 3.99. The lowest BCUT2D eigenvalue weighted by molar-refractivity contribution is 0.108. The average Bonchev–Trinajstić information content (AvgIpc) is 3.24. The number of halogens is 1. The number of aliphatic hydroxyl groups excluding tert-OH is 1. The van der Waals surface area contributed by atoms with Crippen LogP contribution in [0.15, 0.2) is 66.9 Å². The van der Waals surface area contributed by atoms with Gasteiger partial charge in [-0.05, 0) is 40.5 Å². The third-order valence-electron chi connectivity index (χ3n) is 6.47. The number of allylic oxidation sites excluding steroid dienone is 1. The normalized spacial score (nSPS) is 16.8. The SMILES string of the molecule is OCCN1CCN(Cc2ccc(-c3cnc4c(c3)C(c3cccc(F)c3)=CC4)cc2)CC1. The molecule has 5 rings (SSSR count). The molecule has 0 radical (unpaired) electrons. The van der Waals surface area contributed by atoms with Gasteiger partial charge in [0.25, 0.3) is 0 Å². The second-order valence-electron chi connectivity index (χ2n) is 8.59. The van der Waals surface area contributed by atoms with Crippen molar-refractivity contribution >= 4 is 5.57 Å². The van der Waals surface area contributed by atoms with Gasteiger partial charge in [-0.1, -0.05) is 42.5 Å². The summed E-state index contributed by atoms with van der Waals surface area (Å²) in [4.78, 5) is 9.48. The van der Waals surface area contributed by atoms with E-state index in [0.29, 0.717) is 0 Å². The largest absolute Gasteiger partial charge is 0.395 e. The minimum Gasteiger partial charge on any atom is -0.395 e. The average molecular weight is 430 g/mol. The van der Waals surface area contributed by atoms with Crippen LogP contribution in [0.4, 0.5) is 4.39 Å². The van der Waals surface area contributed by atoms with Gasteiger partial charge in [-0.25, -0.2) is 4.39 Å². The molecule has 4 nitrogen and oxygen atoms in total. The summed E-state index contributed by atoms with van der Waals surface area (Å²) >= 11 is 0. The monoisotopic (exact) mass is 429 g/mol. The smallest absolute Gasteiger partial charge is 0.123 e. The first-order chi connectivity index (χ1) is 15.7. The van der Waals surface area contributed by atoms with Crippen LogP contribution < -0.4 is 0 Å². The zero-order valence-corrected chi connectivity index (χ0v) is 18.2. The Morgan fingerprint density at radius 3 is 2.41 bits per heavy atom. The minimum absolute atomic E-state index is 0.216. The lowest BCUT2D eigenvalue weighted by atomic mass is 9.97. The molecule has 3 aromatic rings. The maximum absolute atomic E-state index is 13.7. The van der Waals surface area contributed by atoms with Crippen LogP contribution in [-0.2, 0) is 13.0 Å². The zero-order chi connectivity index (χ0) is 21.9. The van der Waals surface area contributed by atoms with Crippen LogP contribution in [0.3, 0.4) is 0 Å². The van der Waals surface area contributed by atoms with Gasteiger partial charge in [0.05, 0.1) is 12.3 Å². The Morgan fingerprint density at radius 2 is 1.66 bits per heavy atom. The molecule has 0 spiro atoms. The maximum atomic E-state index is 13.7. The summed E-state index contributed by atoms with van der Waals surface area (Å²) in [5.41, 5.74) is 7.63. The van der Waals surface area contributed by atoms with E-state index in [-0.39, 0.29) is 12.4 Å². The summed E-state index contributed by atoms with van der Waals surface area (Å²) in [5, 5.41) is 9.10. The summed E-state index contributed by atoms with van der Waals surface area (Å²) in [6.45, 7) is 6.05. The maximum Gasteiger partial charge on any atom is 0.123 e. The van der Waals surface area contributed by atoms with E-state index in [1.807, 2.05) is 12.3 Å². The molecular weight excluding hydrogens is 401 g/mol. The van der Waals surface area contributed by atoms with Crippen molar-refractivity contribution in [1.82, 2.24) is 14.8 Å². The number of hydrogen-bond donors (Lipinski definition) is 1. The number of rotatable bonds is 6. The van der Waals surface area contributed by atoms with E-state index < -0.39 is 0 Å². The van der Waals surface area contributed by atoms with Gasteiger partial charge in [-0.2, -0.15) is 0 Å². The van der Waals surface area contributed by atoms with Gasteiger partial charge in [0.1, 0.15) is 5.82 Å². The van der Waals surface area contributed by atoms with Crippen molar-refractivity contribution in [3.8, 4) is 11.1 Å². The van der Waals surface area contributed by atoms with Gasteiger partial charge >= 0.3 is 0 Å². The molecule has 1 saturated heterocycles. The van der Waals surface area contributed by atoms with Crippen molar-refractivity contribution in [1.29, 1.82) is 0 Å². The summed E-state index contributed by atoms with van der Waals surface area (Å²) in [7, 11) is 0. The third kappa shape index (κ3) is 4.51. The van der Waals surface area contributed by atoms with Gasteiger partial charge in [0, 0.05) is 63.0 Å². The second-order valence-corrected chi connectivity index (χ2v) is 8.59. The highest BCUT2D eigenvalue weighted by atomic mass is 19.1. The molecular formula is C27H28FN3O. The van der Waals surface area contributed by atoms with Crippen LogP contribution in [0.2, 0.25) is 0 Å². The lowest BCUT2D eigenvalue weighted by Gasteiger charge is -2.34. The molecule has 0 atom stereocenters. The molecule has 0 unspecified atom stereocenters. The molecule has 1 aliphatic carbocycles. The van der Waals surface area contributed by atoms with Gasteiger partial charge in [-0.15, -0.1) is 0 Å². The van der Waals surface area contributed by atoms with Crippen LogP contribution >= 0.6 is 0 Å². The molecule has 5 heteroatoms. The van der Waals surface area contributed by atoms with E-state index in [4.69, 9.17) is 10.1 Å². The van der Waals surface area contributed by atoms with Crippen LogP contribution in [0.1, 0.15) is 22.4 Å². The topological polar surface area (TPSA) is 39.6 Å². The van der Waals surface area contributed by atoms with Gasteiger partial charge in [0.2, 0.25) is 0 Å². The van der Waals surface area contributed by atoms with Crippen LogP contribution in [0, 0.1) is 5.82 Å². The number of fused-ring (bicyclic) bond motifs is 1. The number of hydrogen-bond acceptors (Lipinski definition) is 4. The number of benzene rings is 2. The number of aromatic nitrogens is 1. The first-order valence-electron chi connectivity index (χ1n) is 11.3. The molecule has 1 N–H and O–H groups in total. The van der Waals surface area contributed by atoms with Crippen molar-refractivity contribution in [3.63, 3.8) is 0 Å². The summed E-state index contributed by atoms with van der Waals surface area (Å²) < 4.78 is 13.7. The fraction of sp³-hybridized carbons (Fsp3) is 0.296. The number of piperazine rings is 1. The number of nitrogens with zero attached hydrogens (tertiary/aromatic N) is 3. The minimum atomic E-state index is -0.216. The van der Waals surface area contributed by atoms with E-state index in [2.05, 4.69) is 46.2 Å². The Bertz CT molecular complexity index is 1120. The number of aliphatic hydroxyl groups is 1. The zero-order valence-electron chi connectivity index (χ0n) is 18.2. The van der Waals surface area contributed by atoms with Crippen LogP contribution in [0.5, 0.6) is 0 Å². The highest BCUT2D eigenvalue weighted by molar-refractivity contribution is 5.85. The van der Waals surface area contributed by atoms with Gasteiger partial charge in [-0.3, -0.25) is 14.8 Å². The standard InChI is InChI=1S/C27H28FN3O/c28-24-3-1-2-22(16-24)25-8-9-27-26(25)17-23(18-29-27)21-6-4-20(5-7-21)19-31-12-10-30(11-13-31)14-15-32/h1-8,16-18,32H,9-15,19H2. The molecule has 0 saturated carbocycles. The van der Waals surface area contributed by atoms with Crippen molar-refractivity contribution in [2.24, 2.45) is 0 Å². The third-order valence-corrected chi connectivity index (χ3v) is 6.47. The first-order valence-corrected chi connectivity index (χ1v) is 11.3. The molecule has 32 heavy (non-hydrogen) atoms. The summed E-state index contributed by atoms with van der Waals surface area (Å²) in [6, 6.07) is 17.7. The molecule has 1 aliphatic heterocycles. The lowest BCUT2D eigenvalue weighted by Crippen LogP contribution is -2.46. The van der Waals surface area contributed by atoms with E-state index in [9.17, 15) is 4.39 Å². The Balaban J connectivity index is 1.29. The Hall–Kier alpha value is -2.86. The van der Waals surface area contributed by atoms with Crippen molar-refractivity contribution in [2.75, 3.05) is 39.3 Å². The molecule has 0 amide bonds. The van der Waals surface area contributed by atoms with Crippen molar-refractivity contribution in [2.45, 2.75) is 13.0 Å². The fourth-order valence-electron chi connectivity index (χ4n) is 4.66. The molecule has 1 aromatic heterocycles. The van der Waals surface area contributed by atoms with E-state index in [1.165, 1.54) is 11.6 Å². The number of β-amino-alcohol motifs (C(OH)–C–C–N with tert-alkyl or cyclic N) is 1. The summed E-state index contributed by atoms with van der Waals surface area (Å²) in [5.74, 6) is -0.216. The Kier molecular flexibility index (Phi) is 6.12. The number of pyridine rings is 1. The molecule has 164 valence electrons. The van der Waals surface area contributed by atoms with E-state index in [1.54, 1.807) is 12.1 Å². The fourth-order valence-corrected chi connectivity index (χ4v) is 4.66. The molecule has 2 aromatic carbocycles. The van der Waals surface area contributed by atoms with Gasteiger partial charge in [0.15, 0.2) is 0 Å². The van der Waals surface area contributed by atoms with Gasteiger partial charge < -0.3 is 5.11 Å². The van der Waals surface area contributed by atoms with Crippen LogP contribution in [-0.4, -0.2) is 59.2 Å². The summed E-state index contributed by atoms with van der Waals surface area (Å²) in [6.07, 6.45) is 4.86. The van der Waals surface area contributed by atoms with E-state index in [0.717, 1.165) is 79.2 Å². The van der Waals surface area contributed by atoms with Crippen LogP contribution in [0.25, 0.3) is 16.7 Å². The molecule has 2 heterocycles. The highest BCUT2D eigenvalue weighted by Gasteiger charge is 2.19. The Labute approximate surface area is 188 Å². The predicted molar refractivity (Wildman–Crippen MR) is 126 cm³/mol. The Morgan fingerprint density at radius 1 is 0.875 bits per heavy atom. The second kappa shape index (κ2) is 9.33. The molecule has 2 aliphatic rings. The highest BCUT2D eigenvalue weighted by Crippen LogP contribution is 2.34. The van der Waals surface area contributed by atoms with Crippen molar-refractivity contribution in [3.05, 3.63) is 95.1 Å². The van der Waals surface area contributed by atoms with Crippen molar-refractivity contribution < 1.29 is 9.50 Å². The quantitative estimate of drug-likeness (QED) is 0.643. The first kappa shape index (κ1) is 21.0. The molecule has 1 fully saturated rings.